The van der Waals surface area contributed by atoms with Crippen LogP contribution in [0.15, 0.2) is 22.7 Å². The molecular formula is C15H21BrN2O. The first-order chi connectivity index (χ1) is 9.04. The van der Waals surface area contributed by atoms with Crippen LogP contribution in [0.5, 0.6) is 0 Å². The maximum atomic E-state index is 12.1. The maximum absolute atomic E-state index is 12.1. The molecule has 1 heterocycles. The quantitative estimate of drug-likeness (QED) is 0.926. The fourth-order valence-electron chi connectivity index (χ4n) is 2.44. The summed E-state index contributed by atoms with van der Waals surface area (Å²) in [5.41, 5.74) is 2.27. The maximum Gasteiger partial charge on any atom is 0.224 e. The van der Waals surface area contributed by atoms with Gasteiger partial charge in [-0.15, -0.1) is 0 Å². The molecule has 104 valence electrons. The van der Waals surface area contributed by atoms with Gasteiger partial charge in [-0.25, -0.2) is 0 Å². The summed E-state index contributed by atoms with van der Waals surface area (Å²) in [6.45, 7) is 4.19. The Morgan fingerprint density at radius 3 is 2.79 bits per heavy atom. The standard InChI is InChI=1S/C15H21BrN2O/c1-11-3-4-13(16)9-12(11)10-15(19)17-14-5-7-18(2)8-6-14/h3-4,9,14H,5-8,10H2,1-2H3,(H,17,19). The van der Waals surface area contributed by atoms with Crippen molar-refractivity contribution in [3.05, 3.63) is 33.8 Å². The van der Waals surface area contributed by atoms with Crippen LogP contribution < -0.4 is 5.32 Å². The fourth-order valence-corrected chi connectivity index (χ4v) is 2.84. The largest absolute Gasteiger partial charge is 0.353 e. The molecule has 0 aliphatic carbocycles. The predicted octanol–water partition coefficient (Wildman–Crippen LogP) is 2.51. The van der Waals surface area contributed by atoms with Crippen molar-refractivity contribution in [1.82, 2.24) is 10.2 Å². The number of benzene rings is 1. The van der Waals surface area contributed by atoms with E-state index >= 15 is 0 Å². The highest BCUT2D eigenvalue weighted by Crippen LogP contribution is 2.17. The number of nitrogens with one attached hydrogen (secondary N) is 1. The molecule has 0 spiro atoms. The summed E-state index contributed by atoms with van der Waals surface area (Å²) in [5.74, 6) is 0.135. The third-order valence-corrected chi connectivity index (χ3v) is 4.24. The van der Waals surface area contributed by atoms with Crippen LogP contribution >= 0.6 is 15.9 Å². The lowest BCUT2D eigenvalue weighted by Gasteiger charge is -2.29. The Balaban J connectivity index is 1.89. The Bertz CT molecular complexity index is 453. The Morgan fingerprint density at radius 2 is 2.11 bits per heavy atom. The molecule has 1 amide bonds. The summed E-state index contributed by atoms with van der Waals surface area (Å²) < 4.78 is 1.03. The van der Waals surface area contributed by atoms with Crippen LogP contribution in [0.3, 0.4) is 0 Å². The predicted molar refractivity (Wildman–Crippen MR) is 81.2 cm³/mol. The van der Waals surface area contributed by atoms with E-state index in [2.05, 4.69) is 33.2 Å². The van der Waals surface area contributed by atoms with E-state index in [1.165, 1.54) is 5.56 Å². The van der Waals surface area contributed by atoms with E-state index in [-0.39, 0.29) is 5.91 Å². The van der Waals surface area contributed by atoms with Crippen LogP contribution in [0.2, 0.25) is 0 Å². The summed E-state index contributed by atoms with van der Waals surface area (Å²) in [6, 6.07) is 6.43. The molecule has 1 aliphatic rings. The van der Waals surface area contributed by atoms with E-state index in [0.717, 1.165) is 36.0 Å². The van der Waals surface area contributed by atoms with Crippen LogP contribution in [-0.2, 0) is 11.2 Å². The highest BCUT2D eigenvalue weighted by molar-refractivity contribution is 9.10. The monoisotopic (exact) mass is 324 g/mol. The molecule has 0 bridgehead atoms. The molecule has 0 saturated carbocycles. The Labute approximate surface area is 123 Å². The number of likely N-dealkylation sites (tertiary alicyclic amines) is 1. The average Bonchev–Trinajstić information content (AvgIpc) is 2.37. The normalized spacial score (nSPS) is 17.4. The number of nitrogens with zero attached hydrogens (tertiary/aromatic N) is 1. The number of rotatable bonds is 3. The van der Waals surface area contributed by atoms with E-state index in [1.54, 1.807) is 0 Å². The van der Waals surface area contributed by atoms with Gasteiger partial charge in [0, 0.05) is 10.5 Å². The second-order valence-corrected chi connectivity index (χ2v) is 6.31. The summed E-state index contributed by atoms with van der Waals surface area (Å²) >= 11 is 3.45. The van der Waals surface area contributed by atoms with Crippen molar-refractivity contribution in [2.24, 2.45) is 0 Å². The van der Waals surface area contributed by atoms with Gasteiger partial charge in [-0.05, 0) is 63.2 Å². The van der Waals surface area contributed by atoms with Gasteiger partial charge in [-0.1, -0.05) is 22.0 Å². The molecule has 0 atom stereocenters. The van der Waals surface area contributed by atoms with Crippen LogP contribution in [0.1, 0.15) is 24.0 Å². The third kappa shape index (κ3) is 4.32. The van der Waals surface area contributed by atoms with Crippen molar-refractivity contribution in [2.75, 3.05) is 20.1 Å². The van der Waals surface area contributed by atoms with Gasteiger partial charge in [0.15, 0.2) is 0 Å². The van der Waals surface area contributed by atoms with Crippen molar-refractivity contribution in [2.45, 2.75) is 32.2 Å². The first kappa shape index (κ1) is 14.5. The number of hydrogen-bond acceptors (Lipinski definition) is 2. The number of aryl methyl sites for hydroxylation is 1. The summed E-state index contributed by atoms with van der Waals surface area (Å²) in [4.78, 5) is 14.4. The van der Waals surface area contributed by atoms with Crippen molar-refractivity contribution in [3.63, 3.8) is 0 Å². The van der Waals surface area contributed by atoms with Gasteiger partial charge < -0.3 is 10.2 Å². The summed E-state index contributed by atoms with van der Waals surface area (Å²) in [6.07, 6.45) is 2.58. The second-order valence-electron chi connectivity index (χ2n) is 5.39. The van der Waals surface area contributed by atoms with Crippen molar-refractivity contribution in [1.29, 1.82) is 0 Å². The van der Waals surface area contributed by atoms with Gasteiger partial charge in [-0.2, -0.15) is 0 Å². The zero-order chi connectivity index (χ0) is 13.8. The smallest absolute Gasteiger partial charge is 0.224 e. The van der Waals surface area contributed by atoms with Gasteiger partial charge in [0.05, 0.1) is 6.42 Å². The number of hydrogen-bond donors (Lipinski definition) is 1. The van der Waals surface area contributed by atoms with Gasteiger partial charge in [0.25, 0.3) is 0 Å². The average molecular weight is 325 g/mol. The number of carbonyl (C=O) groups excluding carboxylic acids is 1. The highest BCUT2D eigenvalue weighted by atomic mass is 79.9. The molecule has 19 heavy (non-hydrogen) atoms. The molecule has 1 aromatic carbocycles. The van der Waals surface area contributed by atoms with Gasteiger partial charge in [0.1, 0.15) is 0 Å². The third-order valence-electron chi connectivity index (χ3n) is 3.75. The lowest BCUT2D eigenvalue weighted by atomic mass is 10.0. The van der Waals surface area contributed by atoms with E-state index in [1.807, 2.05) is 25.1 Å². The number of amides is 1. The topological polar surface area (TPSA) is 32.3 Å². The molecular weight excluding hydrogens is 304 g/mol. The molecule has 3 nitrogen and oxygen atoms in total. The minimum atomic E-state index is 0.135. The molecule has 4 heteroatoms. The lowest BCUT2D eigenvalue weighted by molar-refractivity contribution is -0.121. The number of carbonyl (C=O) groups is 1. The zero-order valence-electron chi connectivity index (χ0n) is 11.6. The highest BCUT2D eigenvalue weighted by Gasteiger charge is 2.18. The Morgan fingerprint density at radius 1 is 1.42 bits per heavy atom. The van der Waals surface area contributed by atoms with Crippen molar-refractivity contribution >= 4 is 21.8 Å². The molecule has 1 aromatic rings. The van der Waals surface area contributed by atoms with Crippen molar-refractivity contribution in [3.8, 4) is 0 Å². The van der Waals surface area contributed by atoms with Crippen LogP contribution in [-0.4, -0.2) is 37.0 Å². The fraction of sp³-hybridized carbons (Fsp3) is 0.533. The lowest BCUT2D eigenvalue weighted by Crippen LogP contribution is -2.43. The molecule has 1 fully saturated rings. The number of halogens is 1. The van der Waals surface area contributed by atoms with Crippen LogP contribution in [0, 0.1) is 6.92 Å². The molecule has 0 aromatic heterocycles. The van der Waals surface area contributed by atoms with Gasteiger partial charge in [0.2, 0.25) is 5.91 Å². The molecule has 2 rings (SSSR count). The molecule has 0 unspecified atom stereocenters. The zero-order valence-corrected chi connectivity index (χ0v) is 13.2. The molecule has 1 aliphatic heterocycles. The van der Waals surface area contributed by atoms with E-state index in [0.29, 0.717) is 12.5 Å². The Hall–Kier alpha value is -0.870. The van der Waals surface area contributed by atoms with Gasteiger partial charge in [-0.3, -0.25) is 4.79 Å². The molecule has 0 radical (unpaired) electrons. The summed E-state index contributed by atoms with van der Waals surface area (Å²) in [5, 5.41) is 3.15. The first-order valence-corrected chi connectivity index (χ1v) is 7.57. The van der Waals surface area contributed by atoms with E-state index in [9.17, 15) is 4.79 Å². The Kier molecular flexibility index (Phi) is 4.99. The van der Waals surface area contributed by atoms with Crippen LogP contribution in [0.25, 0.3) is 0 Å². The van der Waals surface area contributed by atoms with Gasteiger partial charge >= 0.3 is 0 Å². The second kappa shape index (κ2) is 6.53. The minimum absolute atomic E-state index is 0.135. The van der Waals surface area contributed by atoms with E-state index < -0.39 is 0 Å². The number of piperidine rings is 1. The minimum Gasteiger partial charge on any atom is -0.353 e. The molecule has 1 saturated heterocycles. The molecule has 1 N–H and O–H groups in total. The summed E-state index contributed by atoms with van der Waals surface area (Å²) in [7, 11) is 2.13. The van der Waals surface area contributed by atoms with E-state index in [4.69, 9.17) is 0 Å². The van der Waals surface area contributed by atoms with Crippen LogP contribution in [0.4, 0.5) is 0 Å². The first-order valence-electron chi connectivity index (χ1n) is 6.77. The SMILES string of the molecule is Cc1ccc(Br)cc1CC(=O)NC1CCN(C)CC1. The van der Waals surface area contributed by atoms with Crippen molar-refractivity contribution < 1.29 is 4.79 Å².